The summed E-state index contributed by atoms with van der Waals surface area (Å²) < 4.78 is 12.8. The summed E-state index contributed by atoms with van der Waals surface area (Å²) in [5.74, 6) is -0.433. The smallest absolute Gasteiger partial charge is 0.423 e. The van der Waals surface area contributed by atoms with Gasteiger partial charge < -0.3 is 10.0 Å². The summed E-state index contributed by atoms with van der Waals surface area (Å²) in [5.41, 5.74) is 0.963. The molecule has 0 saturated carbocycles. The second-order valence-electron chi connectivity index (χ2n) is 2.62. The van der Waals surface area contributed by atoms with Crippen molar-refractivity contribution in [3.8, 4) is 0 Å². The molecule has 0 aliphatic rings. The molecule has 0 heterocycles. The van der Waals surface area contributed by atoms with Crippen molar-refractivity contribution in [2.45, 2.75) is 13.3 Å². The quantitative estimate of drug-likeness (QED) is 0.613. The minimum Gasteiger partial charge on any atom is -0.423 e. The van der Waals surface area contributed by atoms with Crippen molar-refractivity contribution < 1.29 is 14.4 Å². The average Bonchev–Trinajstić information content (AvgIpc) is 2.03. The van der Waals surface area contributed by atoms with Gasteiger partial charge in [-0.1, -0.05) is 13.0 Å². The van der Waals surface area contributed by atoms with Crippen LogP contribution in [0.1, 0.15) is 12.5 Å². The molecule has 0 fully saturated rings. The molecular weight excluding hydrogens is 158 g/mol. The van der Waals surface area contributed by atoms with E-state index in [1.165, 1.54) is 6.07 Å². The highest BCUT2D eigenvalue weighted by Gasteiger charge is 2.12. The molecule has 12 heavy (non-hydrogen) atoms. The highest BCUT2D eigenvalue weighted by atomic mass is 19.1. The van der Waals surface area contributed by atoms with Crippen LogP contribution < -0.4 is 5.46 Å². The Morgan fingerprint density at radius 3 is 2.50 bits per heavy atom. The van der Waals surface area contributed by atoms with Crippen molar-refractivity contribution in [1.82, 2.24) is 0 Å². The lowest BCUT2D eigenvalue weighted by molar-refractivity contribution is 0.425. The van der Waals surface area contributed by atoms with Gasteiger partial charge in [-0.2, -0.15) is 0 Å². The van der Waals surface area contributed by atoms with Crippen molar-refractivity contribution in [3.05, 3.63) is 29.6 Å². The van der Waals surface area contributed by atoms with Crippen molar-refractivity contribution in [1.29, 1.82) is 0 Å². The lowest BCUT2D eigenvalue weighted by Crippen LogP contribution is -2.30. The van der Waals surface area contributed by atoms with Crippen LogP contribution >= 0.6 is 0 Å². The van der Waals surface area contributed by atoms with E-state index in [0.717, 1.165) is 11.6 Å². The number of halogens is 1. The Kier molecular flexibility index (Phi) is 2.84. The number of aryl methyl sites for hydroxylation is 1. The van der Waals surface area contributed by atoms with Gasteiger partial charge in [-0.05, 0) is 29.6 Å². The standard InChI is InChI=1S/C8H10BFO2/c1-2-6-3-7(9(11)12)5-8(10)4-6/h3-5,11-12H,2H2,1H3. The van der Waals surface area contributed by atoms with Crippen LogP contribution in [0.2, 0.25) is 0 Å². The maximum Gasteiger partial charge on any atom is 0.488 e. The fourth-order valence-corrected chi connectivity index (χ4v) is 1.03. The van der Waals surface area contributed by atoms with E-state index in [4.69, 9.17) is 10.0 Å². The second kappa shape index (κ2) is 3.69. The molecule has 2 N–H and O–H groups in total. The third kappa shape index (κ3) is 2.06. The first-order valence-corrected chi connectivity index (χ1v) is 3.79. The van der Waals surface area contributed by atoms with Crippen LogP contribution in [-0.2, 0) is 6.42 Å². The Morgan fingerprint density at radius 1 is 1.33 bits per heavy atom. The van der Waals surface area contributed by atoms with E-state index in [2.05, 4.69) is 0 Å². The lowest BCUT2D eigenvalue weighted by atomic mass is 9.79. The van der Waals surface area contributed by atoms with E-state index in [0.29, 0.717) is 6.42 Å². The molecule has 64 valence electrons. The normalized spacial score (nSPS) is 10.0. The molecule has 0 bridgehead atoms. The van der Waals surface area contributed by atoms with Gasteiger partial charge >= 0.3 is 7.12 Å². The molecule has 0 aliphatic heterocycles. The van der Waals surface area contributed by atoms with Crippen LogP contribution in [0.25, 0.3) is 0 Å². The summed E-state index contributed by atoms with van der Waals surface area (Å²) in [6, 6.07) is 4.07. The van der Waals surface area contributed by atoms with Crippen molar-refractivity contribution in [3.63, 3.8) is 0 Å². The fourth-order valence-electron chi connectivity index (χ4n) is 1.03. The highest BCUT2D eigenvalue weighted by Crippen LogP contribution is 2.02. The molecule has 0 aromatic heterocycles. The first-order valence-electron chi connectivity index (χ1n) is 3.79. The first-order chi connectivity index (χ1) is 5.63. The molecule has 2 nitrogen and oxygen atoms in total. The average molecular weight is 168 g/mol. The molecule has 0 aliphatic carbocycles. The molecule has 0 amide bonds. The van der Waals surface area contributed by atoms with Crippen LogP contribution in [0.15, 0.2) is 18.2 Å². The van der Waals surface area contributed by atoms with E-state index >= 15 is 0 Å². The minimum absolute atomic E-state index is 0.201. The summed E-state index contributed by atoms with van der Waals surface area (Å²) in [7, 11) is -1.59. The Hall–Kier alpha value is -0.865. The third-order valence-electron chi connectivity index (χ3n) is 1.69. The molecule has 4 heteroatoms. The zero-order valence-corrected chi connectivity index (χ0v) is 6.79. The number of hydrogen-bond acceptors (Lipinski definition) is 2. The van der Waals surface area contributed by atoms with Gasteiger partial charge in [0.1, 0.15) is 5.82 Å². The maximum atomic E-state index is 12.8. The third-order valence-corrected chi connectivity index (χ3v) is 1.69. The Balaban J connectivity index is 3.06. The molecule has 0 radical (unpaired) electrons. The van der Waals surface area contributed by atoms with E-state index in [-0.39, 0.29) is 5.46 Å². The molecule has 0 unspecified atom stereocenters. The van der Waals surface area contributed by atoms with Gasteiger partial charge in [0.2, 0.25) is 0 Å². The van der Waals surface area contributed by atoms with Gasteiger partial charge in [-0.3, -0.25) is 0 Å². The number of rotatable bonds is 2. The monoisotopic (exact) mass is 168 g/mol. The fraction of sp³-hybridized carbons (Fsp3) is 0.250. The van der Waals surface area contributed by atoms with Crippen LogP contribution in [-0.4, -0.2) is 17.2 Å². The van der Waals surface area contributed by atoms with Crippen molar-refractivity contribution in [2.75, 3.05) is 0 Å². The Morgan fingerprint density at radius 2 is 2.00 bits per heavy atom. The topological polar surface area (TPSA) is 40.5 Å². The van der Waals surface area contributed by atoms with Gasteiger partial charge in [0.05, 0.1) is 0 Å². The lowest BCUT2D eigenvalue weighted by Gasteiger charge is -2.02. The SMILES string of the molecule is CCc1cc(F)cc(B(O)O)c1. The number of benzene rings is 1. The number of hydrogen-bond donors (Lipinski definition) is 2. The van der Waals surface area contributed by atoms with E-state index < -0.39 is 12.9 Å². The van der Waals surface area contributed by atoms with Gasteiger partial charge in [-0.25, -0.2) is 4.39 Å². The van der Waals surface area contributed by atoms with Crippen molar-refractivity contribution in [2.24, 2.45) is 0 Å². The molecule has 1 aromatic carbocycles. The summed E-state index contributed by atoms with van der Waals surface area (Å²) in [6.45, 7) is 1.88. The summed E-state index contributed by atoms with van der Waals surface area (Å²) in [5, 5.41) is 17.5. The highest BCUT2D eigenvalue weighted by molar-refractivity contribution is 6.58. The Labute approximate surface area is 70.8 Å². The summed E-state index contributed by atoms with van der Waals surface area (Å²) >= 11 is 0. The maximum absolute atomic E-state index is 12.8. The first kappa shape index (κ1) is 9.22. The van der Waals surface area contributed by atoms with Gasteiger partial charge in [0, 0.05) is 0 Å². The van der Waals surface area contributed by atoms with Crippen LogP contribution in [0, 0.1) is 5.82 Å². The molecule has 0 spiro atoms. The molecule has 1 rings (SSSR count). The zero-order chi connectivity index (χ0) is 9.14. The molecule has 1 aromatic rings. The Bertz CT molecular complexity index is 276. The van der Waals surface area contributed by atoms with E-state index in [9.17, 15) is 4.39 Å². The zero-order valence-electron chi connectivity index (χ0n) is 6.79. The van der Waals surface area contributed by atoms with E-state index in [1.807, 2.05) is 6.92 Å². The van der Waals surface area contributed by atoms with Gasteiger partial charge in [-0.15, -0.1) is 0 Å². The van der Waals surface area contributed by atoms with Crippen LogP contribution in [0.3, 0.4) is 0 Å². The molecule has 0 atom stereocenters. The summed E-state index contributed by atoms with van der Waals surface area (Å²) in [4.78, 5) is 0. The van der Waals surface area contributed by atoms with Crippen LogP contribution in [0.5, 0.6) is 0 Å². The predicted molar refractivity (Wildman–Crippen MR) is 45.6 cm³/mol. The molecule has 0 saturated heterocycles. The van der Waals surface area contributed by atoms with Crippen molar-refractivity contribution >= 4 is 12.6 Å². The largest absolute Gasteiger partial charge is 0.488 e. The predicted octanol–water partition coefficient (Wildman–Crippen LogP) is 0.0679. The molecular formula is C8H10BFO2. The summed E-state index contributed by atoms with van der Waals surface area (Å²) in [6.07, 6.45) is 0.678. The van der Waals surface area contributed by atoms with E-state index in [1.54, 1.807) is 6.07 Å². The van der Waals surface area contributed by atoms with Crippen LogP contribution in [0.4, 0.5) is 4.39 Å². The van der Waals surface area contributed by atoms with Gasteiger partial charge in [0.25, 0.3) is 0 Å². The second-order valence-corrected chi connectivity index (χ2v) is 2.62. The minimum atomic E-state index is -1.59. The van der Waals surface area contributed by atoms with Gasteiger partial charge in [0.15, 0.2) is 0 Å².